The van der Waals surface area contributed by atoms with Gasteiger partial charge in [0, 0.05) is 27.7 Å². The summed E-state index contributed by atoms with van der Waals surface area (Å²) in [6, 6.07) is 12.7. The summed E-state index contributed by atoms with van der Waals surface area (Å²) in [5.74, 6) is 0. The maximum absolute atomic E-state index is 4.84. The number of aromatic nitrogens is 2. The van der Waals surface area contributed by atoms with E-state index in [0.717, 1.165) is 27.8 Å². The van der Waals surface area contributed by atoms with Crippen molar-refractivity contribution in [2.24, 2.45) is 4.99 Å². The van der Waals surface area contributed by atoms with Gasteiger partial charge < -0.3 is 4.57 Å². The van der Waals surface area contributed by atoms with E-state index in [1.54, 1.807) is 23.7 Å². The van der Waals surface area contributed by atoms with Gasteiger partial charge in [0.1, 0.15) is 0 Å². The minimum absolute atomic E-state index is 0.425. The molecular formula is C19H20BrN3S. The molecule has 0 saturated heterocycles. The summed E-state index contributed by atoms with van der Waals surface area (Å²) in [6.45, 7) is 4.47. The molecule has 0 N–H and O–H groups in total. The van der Waals surface area contributed by atoms with E-state index in [0.29, 0.717) is 6.04 Å². The molecule has 124 valence electrons. The van der Waals surface area contributed by atoms with Crippen LogP contribution in [0.3, 0.4) is 0 Å². The van der Waals surface area contributed by atoms with Crippen LogP contribution in [-0.2, 0) is 0 Å². The van der Waals surface area contributed by atoms with Crippen LogP contribution >= 0.6 is 27.3 Å². The Morgan fingerprint density at radius 3 is 2.62 bits per heavy atom. The SMILES string of the molecule is CCC(CC)n1c(-c2ccccc2Br)csc1=Nc1cccnc1. The van der Waals surface area contributed by atoms with Crippen LogP contribution < -0.4 is 4.80 Å². The summed E-state index contributed by atoms with van der Waals surface area (Å²) < 4.78 is 3.48. The molecule has 5 heteroatoms. The monoisotopic (exact) mass is 401 g/mol. The molecule has 3 nitrogen and oxygen atoms in total. The number of pyridine rings is 1. The van der Waals surface area contributed by atoms with E-state index in [1.807, 2.05) is 18.2 Å². The van der Waals surface area contributed by atoms with E-state index in [4.69, 9.17) is 4.99 Å². The fraction of sp³-hybridized carbons (Fsp3) is 0.263. The smallest absolute Gasteiger partial charge is 0.190 e. The summed E-state index contributed by atoms with van der Waals surface area (Å²) in [7, 11) is 0. The van der Waals surface area contributed by atoms with E-state index in [-0.39, 0.29) is 0 Å². The summed E-state index contributed by atoms with van der Waals surface area (Å²) >= 11 is 5.37. The Morgan fingerprint density at radius 2 is 1.96 bits per heavy atom. The number of hydrogen-bond acceptors (Lipinski definition) is 3. The number of nitrogens with zero attached hydrogens (tertiary/aromatic N) is 3. The normalized spacial score (nSPS) is 12.1. The molecule has 2 heterocycles. The van der Waals surface area contributed by atoms with Crippen LogP contribution in [0.15, 0.2) is 63.6 Å². The first kappa shape index (κ1) is 17.1. The van der Waals surface area contributed by atoms with Gasteiger partial charge in [-0.2, -0.15) is 0 Å². The first-order valence-corrected chi connectivity index (χ1v) is 9.81. The van der Waals surface area contributed by atoms with Crippen molar-refractivity contribution in [3.63, 3.8) is 0 Å². The first-order valence-electron chi connectivity index (χ1n) is 8.14. The van der Waals surface area contributed by atoms with E-state index in [2.05, 4.69) is 62.9 Å². The molecule has 0 bridgehead atoms. The molecule has 0 fully saturated rings. The van der Waals surface area contributed by atoms with Gasteiger partial charge in [-0.3, -0.25) is 4.98 Å². The van der Waals surface area contributed by atoms with Crippen LogP contribution in [0.5, 0.6) is 0 Å². The van der Waals surface area contributed by atoms with Crippen molar-refractivity contribution in [2.75, 3.05) is 0 Å². The Morgan fingerprint density at radius 1 is 1.17 bits per heavy atom. The highest BCUT2D eigenvalue weighted by Gasteiger charge is 2.16. The quantitative estimate of drug-likeness (QED) is 0.517. The molecule has 0 aliphatic rings. The fourth-order valence-electron chi connectivity index (χ4n) is 2.80. The molecular weight excluding hydrogens is 382 g/mol. The molecule has 3 aromatic rings. The standard InChI is InChI=1S/C19H20BrN3S/c1-3-15(4-2)23-18(16-9-5-6-10-17(16)20)13-24-19(23)22-14-8-7-11-21-12-14/h5-13,15H,3-4H2,1-2H3. The molecule has 0 amide bonds. The molecule has 3 rings (SSSR count). The molecule has 0 aliphatic heterocycles. The largest absolute Gasteiger partial charge is 0.313 e. The first-order chi connectivity index (χ1) is 11.7. The number of benzene rings is 1. The third-order valence-electron chi connectivity index (χ3n) is 4.07. The van der Waals surface area contributed by atoms with Crippen LogP contribution in [0.25, 0.3) is 11.3 Å². The van der Waals surface area contributed by atoms with Crippen molar-refractivity contribution >= 4 is 33.0 Å². The van der Waals surface area contributed by atoms with Crippen LogP contribution in [0.4, 0.5) is 5.69 Å². The second kappa shape index (κ2) is 7.90. The Bertz CT molecular complexity index is 864. The lowest BCUT2D eigenvalue weighted by Gasteiger charge is -2.19. The minimum Gasteiger partial charge on any atom is -0.313 e. The average Bonchev–Trinajstić information content (AvgIpc) is 3.01. The van der Waals surface area contributed by atoms with Gasteiger partial charge in [0.2, 0.25) is 0 Å². The summed E-state index contributed by atoms with van der Waals surface area (Å²) in [5.41, 5.74) is 3.30. The minimum atomic E-state index is 0.425. The van der Waals surface area contributed by atoms with Crippen molar-refractivity contribution in [1.82, 2.24) is 9.55 Å². The van der Waals surface area contributed by atoms with E-state index in [1.165, 1.54) is 11.3 Å². The molecule has 0 saturated carbocycles. The van der Waals surface area contributed by atoms with Gasteiger partial charge in [0.15, 0.2) is 4.80 Å². The summed E-state index contributed by atoms with van der Waals surface area (Å²) in [4.78, 5) is 10.0. The molecule has 1 aromatic carbocycles. The second-order valence-electron chi connectivity index (χ2n) is 5.55. The zero-order valence-electron chi connectivity index (χ0n) is 13.8. The number of thiazole rings is 1. The van der Waals surface area contributed by atoms with E-state index < -0.39 is 0 Å². The van der Waals surface area contributed by atoms with Gasteiger partial charge in [-0.15, -0.1) is 11.3 Å². The van der Waals surface area contributed by atoms with Gasteiger partial charge in [0.05, 0.1) is 17.6 Å². The van der Waals surface area contributed by atoms with Crippen LogP contribution in [0.2, 0.25) is 0 Å². The number of rotatable bonds is 5. The topological polar surface area (TPSA) is 30.2 Å². The highest BCUT2D eigenvalue weighted by molar-refractivity contribution is 9.10. The third-order valence-corrected chi connectivity index (χ3v) is 5.60. The summed E-state index contributed by atoms with van der Waals surface area (Å²) in [5, 5.41) is 2.20. The van der Waals surface area contributed by atoms with Crippen molar-refractivity contribution in [2.45, 2.75) is 32.7 Å². The zero-order chi connectivity index (χ0) is 16.9. The van der Waals surface area contributed by atoms with Gasteiger partial charge in [-0.05, 0) is 31.0 Å². The van der Waals surface area contributed by atoms with Gasteiger partial charge in [-0.1, -0.05) is 48.0 Å². The highest BCUT2D eigenvalue weighted by atomic mass is 79.9. The Hall–Kier alpha value is -1.72. The molecule has 0 aliphatic carbocycles. The Balaban J connectivity index is 2.22. The molecule has 0 radical (unpaired) electrons. The van der Waals surface area contributed by atoms with Crippen LogP contribution in [0, 0.1) is 0 Å². The highest BCUT2D eigenvalue weighted by Crippen LogP contribution is 2.31. The van der Waals surface area contributed by atoms with Crippen molar-refractivity contribution in [1.29, 1.82) is 0 Å². The molecule has 0 unspecified atom stereocenters. The third kappa shape index (κ3) is 3.52. The van der Waals surface area contributed by atoms with Gasteiger partial charge >= 0.3 is 0 Å². The zero-order valence-corrected chi connectivity index (χ0v) is 16.2. The Labute approximate surface area is 154 Å². The maximum Gasteiger partial charge on any atom is 0.190 e. The molecule has 0 atom stereocenters. The maximum atomic E-state index is 4.84. The lowest BCUT2D eigenvalue weighted by atomic mass is 10.1. The lowest BCUT2D eigenvalue weighted by molar-refractivity contribution is 0.466. The average molecular weight is 402 g/mol. The molecule has 24 heavy (non-hydrogen) atoms. The lowest BCUT2D eigenvalue weighted by Crippen LogP contribution is -2.21. The van der Waals surface area contributed by atoms with Crippen molar-refractivity contribution in [3.8, 4) is 11.3 Å². The number of halogens is 1. The number of hydrogen-bond donors (Lipinski definition) is 0. The van der Waals surface area contributed by atoms with Crippen LogP contribution in [-0.4, -0.2) is 9.55 Å². The van der Waals surface area contributed by atoms with Gasteiger partial charge in [-0.25, -0.2) is 4.99 Å². The van der Waals surface area contributed by atoms with E-state index in [9.17, 15) is 0 Å². The Kier molecular flexibility index (Phi) is 5.63. The molecule has 2 aromatic heterocycles. The van der Waals surface area contributed by atoms with E-state index >= 15 is 0 Å². The fourth-order valence-corrected chi connectivity index (χ4v) is 4.27. The van der Waals surface area contributed by atoms with Crippen LogP contribution in [0.1, 0.15) is 32.7 Å². The van der Waals surface area contributed by atoms with Crippen molar-refractivity contribution in [3.05, 3.63) is 63.4 Å². The second-order valence-corrected chi connectivity index (χ2v) is 7.24. The molecule has 0 spiro atoms. The predicted octanol–water partition coefficient (Wildman–Crippen LogP) is 5.97. The summed E-state index contributed by atoms with van der Waals surface area (Å²) in [6.07, 6.45) is 5.72. The van der Waals surface area contributed by atoms with Crippen molar-refractivity contribution < 1.29 is 0 Å². The van der Waals surface area contributed by atoms with Gasteiger partial charge in [0.25, 0.3) is 0 Å². The predicted molar refractivity (Wildman–Crippen MR) is 105 cm³/mol.